The van der Waals surface area contributed by atoms with Gasteiger partial charge in [0.1, 0.15) is 6.54 Å². The third kappa shape index (κ3) is 6.19. The summed E-state index contributed by atoms with van der Waals surface area (Å²) in [5, 5.41) is 11.3. The monoisotopic (exact) mass is 273 g/mol. The molecule has 0 saturated heterocycles. The lowest BCUT2D eigenvalue weighted by Crippen LogP contribution is -2.30. The summed E-state index contributed by atoms with van der Waals surface area (Å²) in [6, 6.07) is 7.37. The number of benzene rings is 1. The van der Waals surface area contributed by atoms with Crippen molar-refractivity contribution in [2.24, 2.45) is 0 Å². The van der Waals surface area contributed by atoms with Crippen molar-refractivity contribution in [2.75, 3.05) is 12.3 Å². The molecule has 0 aliphatic rings. The van der Waals surface area contributed by atoms with Crippen molar-refractivity contribution >= 4 is 35.2 Å². The van der Waals surface area contributed by atoms with E-state index in [2.05, 4.69) is 5.32 Å². The number of carboxylic acid groups (broad SMARTS) is 1. The number of carboxylic acids is 1. The highest BCUT2D eigenvalue weighted by Gasteiger charge is 2.03. The van der Waals surface area contributed by atoms with Gasteiger partial charge < -0.3 is 10.4 Å². The molecule has 1 aromatic rings. The van der Waals surface area contributed by atoms with E-state index < -0.39 is 5.97 Å². The summed E-state index contributed by atoms with van der Waals surface area (Å²) in [5.41, 5.74) is 1.07. The van der Waals surface area contributed by atoms with Crippen molar-refractivity contribution in [3.63, 3.8) is 0 Å². The van der Waals surface area contributed by atoms with Gasteiger partial charge in [-0.25, -0.2) is 0 Å². The van der Waals surface area contributed by atoms with Gasteiger partial charge in [0, 0.05) is 10.8 Å². The van der Waals surface area contributed by atoms with Crippen LogP contribution in [0.15, 0.2) is 24.3 Å². The Labute approximate surface area is 108 Å². The maximum atomic E-state index is 11.2. The normalized spacial score (nSPS) is 9.94. The minimum Gasteiger partial charge on any atom is -0.480 e. The van der Waals surface area contributed by atoms with Gasteiger partial charge in [0.2, 0.25) is 5.91 Å². The Bertz CT molecular complexity index is 394. The summed E-state index contributed by atoms with van der Waals surface area (Å²) >= 11 is 7.16. The Kier molecular flexibility index (Phi) is 5.86. The van der Waals surface area contributed by atoms with E-state index in [0.29, 0.717) is 10.8 Å². The molecule has 0 fully saturated rings. The molecule has 0 heterocycles. The fraction of sp³-hybridized carbons (Fsp3) is 0.273. The molecule has 0 spiro atoms. The Morgan fingerprint density at radius 2 is 1.94 bits per heavy atom. The minimum absolute atomic E-state index is 0.246. The van der Waals surface area contributed by atoms with Gasteiger partial charge in [0.25, 0.3) is 0 Å². The van der Waals surface area contributed by atoms with Crippen LogP contribution < -0.4 is 5.32 Å². The van der Waals surface area contributed by atoms with E-state index in [9.17, 15) is 9.59 Å². The number of amides is 1. The summed E-state index contributed by atoms with van der Waals surface area (Å²) in [4.78, 5) is 21.4. The van der Waals surface area contributed by atoms with Gasteiger partial charge in [-0.3, -0.25) is 9.59 Å². The van der Waals surface area contributed by atoms with Crippen molar-refractivity contribution < 1.29 is 14.7 Å². The topological polar surface area (TPSA) is 66.4 Å². The lowest BCUT2D eigenvalue weighted by Gasteiger charge is -2.03. The van der Waals surface area contributed by atoms with E-state index in [1.165, 1.54) is 11.8 Å². The molecule has 6 heteroatoms. The fourth-order valence-electron chi connectivity index (χ4n) is 1.07. The van der Waals surface area contributed by atoms with Gasteiger partial charge in [-0.15, -0.1) is 11.8 Å². The zero-order valence-corrected chi connectivity index (χ0v) is 10.6. The second kappa shape index (κ2) is 7.19. The van der Waals surface area contributed by atoms with Crippen molar-refractivity contribution in [1.29, 1.82) is 0 Å². The zero-order chi connectivity index (χ0) is 12.7. The van der Waals surface area contributed by atoms with Gasteiger partial charge in [-0.05, 0) is 17.7 Å². The maximum absolute atomic E-state index is 11.2. The molecule has 0 aliphatic carbocycles. The van der Waals surface area contributed by atoms with Crippen LogP contribution in [0.3, 0.4) is 0 Å². The predicted octanol–water partition coefficient (Wildman–Crippen LogP) is 1.77. The van der Waals surface area contributed by atoms with Crippen LogP contribution in [0.25, 0.3) is 0 Å². The largest absolute Gasteiger partial charge is 0.480 e. The quantitative estimate of drug-likeness (QED) is 0.829. The van der Waals surface area contributed by atoms with Gasteiger partial charge >= 0.3 is 5.97 Å². The summed E-state index contributed by atoms with van der Waals surface area (Å²) in [7, 11) is 0. The number of thioether (sulfide) groups is 1. The fourth-order valence-corrected chi connectivity index (χ4v) is 2.01. The third-order valence-electron chi connectivity index (χ3n) is 1.85. The molecule has 0 radical (unpaired) electrons. The van der Waals surface area contributed by atoms with Crippen molar-refractivity contribution in [3.8, 4) is 0 Å². The molecule has 1 aromatic carbocycles. The van der Waals surface area contributed by atoms with Crippen LogP contribution in [-0.4, -0.2) is 29.3 Å². The molecule has 0 aliphatic heterocycles. The first-order valence-corrected chi connectivity index (χ1v) is 6.42. The van der Waals surface area contributed by atoms with Crippen LogP contribution in [0.2, 0.25) is 5.02 Å². The van der Waals surface area contributed by atoms with E-state index in [-0.39, 0.29) is 18.2 Å². The lowest BCUT2D eigenvalue weighted by atomic mass is 10.2. The molecule has 1 amide bonds. The van der Waals surface area contributed by atoms with Gasteiger partial charge in [-0.2, -0.15) is 0 Å². The van der Waals surface area contributed by atoms with E-state index in [1.54, 1.807) is 12.1 Å². The average molecular weight is 274 g/mol. The summed E-state index contributed by atoms with van der Waals surface area (Å²) in [6.07, 6.45) is 0. The van der Waals surface area contributed by atoms with E-state index in [0.717, 1.165) is 5.56 Å². The Morgan fingerprint density at radius 3 is 2.53 bits per heavy atom. The van der Waals surface area contributed by atoms with Crippen LogP contribution in [0.1, 0.15) is 5.56 Å². The first-order valence-electron chi connectivity index (χ1n) is 4.88. The highest BCUT2D eigenvalue weighted by molar-refractivity contribution is 7.99. The molecule has 0 atom stereocenters. The molecular weight excluding hydrogens is 262 g/mol. The number of rotatable bonds is 6. The minimum atomic E-state index is -1.04. The zero-order valence-electron chi connectivity index (χ0n) is 8.98. The van der Waals surface area contributed by atoms with Gasteiger partial charge in [-0.1, -0.05) is 23.7 Å². The number of carbonyl (C=O) groups is 2. The molecule has 0 unspecified atom stereocenters. The molecule has 1 rings (SSSR count). The SMILES string of the molecule is O=C(O)CNC(=O)CSCc1ccc(Cl)cc1. The maximum Gasteiger partial charge on any atom is 0.322 e. The number of aliphatic carboxylic acids is 1. The van der Waals surface area contributed by atoms with Gasteiger partial charge in [0.15, 0.2) is 0 Å². The first kappa shape index (κ1) is 13.9. The Hall–Kier alpha value is -1.20. The van der Waals surface area contributed by atoms with Gasteiger partial charge in [0.05, 0.1) is 5.75 Å². The van der Waals surface area contributed by atoms with Crippen molar-refractivity contribution in [3.05, 3.63) is 34.9 Å². The van der Waals surface area contributed by atoms with E-state index in [4.69, 9.17) is 16.7 Å². The van der Waals surface area contributed by atoms with E-state index in [1.807, 2.05) is 12.1 Å². The predicted molar refractivity (Wildman–Crippen MR) is 68.3 cm³/mol. The van der Waals surface area contributed by atoms with Crippen LogP contribution >= 0.6 is 23.4 Å². The average Bonchev–Trinajstić information content (AvgIpc) is 2.29. The standard InChI is InChI=1S/C11H12ClNO3S/c12-9-3-1-8(2-4-9)6-17-7-10(14)13-5-11(15)16/h1-4H,5-7H2,(H,13,14)(H,15,16). The number of nitrogens with one attached hydrogen (secondary N) is 1. The smallest absolute Gasteiger partial charge is 0.322 e. The summed E-state index contributed by atoms with van der Waals surface area (Å²) in [5.74, 6) is -0.375. The number of halogens is 1. The van der Waals surface area contributed by atoms with Crippen LogP contribution in [0, 0.1) is 0 Å². The van der Waals surface area contributed by atoms with Crippen molar-refractivity contribution in [1.82, 2.24) is 5.32 Å². The summed E-state index contributed by atoms with van der Waals surface area (Å²) < 4.78 is 0. The molecule has 0 bridgehead atoms. The molecule has 92 valence electrons. The third-order valence-corrected chi connectivity index (χ3v) is 3.11. The molecule has 0 saturated carbocycles. The van der Waals surface area contributed by atoms with E-state index >= 15 is 0 Å². The van der Waals surface area contributed by atoms with Crippen LogP contribution in [0.5, 0.6) is 0 Å². The van der Waals surface area contributed by atoms with Crippen LogP contribution in [0.4, 0.5) is 0 Å². The first-order chi connectivity index (χ1) is 8.08. The molecule has 0 aromatic heterocycles. The number of carbonyl (C=O) groups excluding carboxylic acids is 1. The van der Waals surface area contributed by atoms with Crippen molar-refractivity contribution in [2.45, 2.75) is 5.75 Å². The highest BCUT2D eigenvalue weighted by Crippen LogP contribution is 2.15. The summed E-state index contributed by atoms with van der Waals surface area (Å²) in [6.45, 7) is -0.333. The molecular formula is C11H12ClNO3S. The molecule has 2 N–H and O–H groups in total. The Balaban J connectivity index is 2.21. The number of hydrogen-bond acceptors (Lipinski definition) is 3. The highest BCUT2D eigenvalue weighted by atomic mass is 35.5. The Morgan fingerprint density at radius 1 is 1.29 bits per heavy atom. The van der Waals surface area contributed by atoms with Crippen LogP contribution in [-0.2, 0) is 15.3 Å². The number of hydrogen-bond donors (Lipinski definition) is 2. The lowest BCUT2D eigenvalue weighted by molar-refractivity contribution is -0.137. The second-order valence-corrected chi connectivity index (χ2v) is 4.71. The second-order valence-electron chi connectivity index (χ2n) is 3.29. The molecule has 17 heavy (non-hydrogen) atoms. The molecule has 4 nitrogen and oxygen atoms in total.